The molecule has 0 spiro atoms. The largest absolute Gasteiger partial charge is 0.347 e. The van der Waals surface area contributed by atoms with Crippen LogP contribution >= 0.6 is 27.5 Å². The number of carbonyl (C=O) groups is 1. The molecule has 0 unspecified atom stereocenters. The summed E-state index contributed by atoms with van der Waals surface area (Å²) in [4.78, 5) is 16.3. The molecule has 7 heteroatoms. The molecule has 0 aliphatic carbocycles. The molecule has 1 aromatic heterocycles. The number of aromatic nitrogens is 2. The lowest BCUT2D eigenvalue weighted by atomic mass is 10.1. The zero-order chi connectivity index (χ0) is 16.9. The molecule has 3 rings (SSSR count). The summed E-state index contributed by atoms with van der Waals surface area (Å²) in [5.41, 5.74) is 1.61. The van der Waals surface area contributed by atoms with Gasteiger partial charge in [-0.15, -0.1) is 0 Å². The number of halogens is 2. The van der Waals surface area contributed by atoms with Crippen molar-refractivity contribution >= 4 is 33.4 Å². The number of hydrogen-bond acceptors (Lipinski definition) is 4. The number of carbonyl (C=O) groups excluding carboxylic acids is 1. The molecule has 1 amide bonds. The quantitative estimate of drug-likeness (QED) is 0.695. The first-order valence-electron chi connectivity index (χ1n) is 7.20. The second-order valence-electron chi connectivity index (χ2n) is 5.07. The van der Waals surface area contributed by atoms with Crippen LogP contribution in [0.15, 0.2) is 57.5 Å². The molecule has 0 aliphatic rings. The molecular formula is C17H13BrClN3O2. The summed E-state index contributed by atoms with van der Waals surface area (Å²) in [5, 5.41) is 7.24. The molecule has 3 aromatic rings. The Balaban J connectivity index is 1.59. The molecule has 1 N–H and O–H groups in total. The minimum Gasteiger partial charge on any atom is -0.347 e. The number of benzene rings is 2. The van der Waals surface area contributed by atoms with Crippen molar-refractivity contribution in [2.45, 2.75) is 13.0 Å². The zero-order valence-electron chi connectivity index (χ0n) is 12.5. The van der Waals surface area contributed by atoms with E-state index < -0.39 is 0 Å². The number of hydrogen-bond donors (Lipinski definition) is 1. The fourth-order valence-corrected chi connectivity index (χ4v) is 2.72. The Bertz CT molecular complexity index is 866. The smallest absolute Gasteiger partial charge is 0.246 e. The van der Waals surface area contributed by atoms with Crippen molar-refractivity contribution in [3.63, 3.8) is 0 Å². The van der Waals surface area contributed by atoms with Gasteiger partial charge in [-0.1, -0.05) is 63.0 Å². The average Bonchev–Trinajstić information content (AvgIpc) is 3.04. The summed E-state index contributed by atoms with van der Waals surface area (Å²) in [6, 6.07) is 14.8. The summed E-state index contributed by atoms with van der Waals surface area (Å²) >= 11 is 9.44. The molecule has 0 radical (unpaired) electrons. The second kappa shape index (κ2) is 7.59. The van der Waals surface area contributed by atoms with Crippen LogP contribution in [0.3, 0.4) is 0 Å². The summed E-state index contributed by atoms with van der Waals surface area (Å²) in [6.45, 7) is 0.171. The third-order valence-corrected chi connectivity index (χ3v) is 4.16. The SMILES string of the molecule is O=C(Cc1ccccc1Cl)NCc1nc(-c2cccc(Br)c2)no1. The lowest BCUT2D eigenvalue weighted by Gasteiger charge is -2.04. The lowest BCUT2D eigenvalue weighted by Crippen LogP contribution is -2.24. The van der Waals surface area contributed by atoms with E-state index in [0.717, 1.165) is 15.6 Å². The minimum atomic E-state index is -0.162. The van der Waals surface area contributed by atoms with Crippen LogP contribution in [0.2, 0.25) is 5.02 Å². The van der Waals surface area contributed by atoms with Crippen LogP contribution in [0, 0.1) is 0 Å². The van der Waals surface area contributed by atoms with Crippen LogP contribution < -0.4 is 5.32 Å². The van der Waals surface area contributed by atoms with Crippen LogP contribution in [0.1, 0.15) is 11.5 Å². The van der Waals surface area contributed by atoms with Crippen molar-refractivity contribution in [1.29, 1.82) is 0 Å². The molecule has 5 nitrogen and oxygen atoms in total. The van der Waals surface area contributed by atoms with Gasteiger partial charge in [0.2, 0.25) is 17.6 Å². The van der Waals surface area contributed by atoms with Crippen molar-refractivity contribution in [2.24, 2.45) is 0 Å². The number of amides is 1. The van der Waals surface area contributed by atoms with Gasteiger partial charge in [0.05, 0.1) is 13.0 Å². The highest BCUT2D eigenvalue weighted by atomic mass is 79.9. The predicted molar refractivity (Wildman–Crippen MR) is 94.4 cm³/mol. The van der Waals surface area contributed by atoms with Gasteiger partial charge in [-0.2, -0.15) is 4.98 Å². The van der Waals surface area contributed by atoms with E-state index in [0.29, 0.717) is 16.7 Å². The van der Waals surface area contributed by atoms with Crippen molar-refractivity contribution < 1.29 is 9.32 Å². The highest BCUT2D eigenvalue weighted by molar-refractivity contribution is 9.10. The Morgan fingerprint density at radius 2 is 2.04 bits per heavy atom. The van der Waals surface area contributed by atoms with E-state index in [1.165, 1.54) is 0 Å². The van der Waals surface area contributed by atoms with Crippen LogP contribution in [-0.2, 0) is 17.8 Å². The molecule has 0 atom stereocenters. The molecule has 122 valence electrons. The maximum atomic E-state index is 12.0. The van der Waals surface area contributed by atoms with Gasteiger partial charge in [-0.05, 0) is 23.8 Å². The predicted octanol–water partition coefficient (Wildman–Crippen LogP) is 4.01. The van der Waals surface area contributed by atoms with Gasteiger partial charge in [-0.3, -0.25) is 4.79 Å². The molecule has 0 saturated heterocycles. The third-order valence-electron chi connectivity index (χ3n) is 3.30. The Kier molecular flexibility index (Phi) is 5.27. The van der Waals surface area contributed by atoms with Crippen molar-refractivity contribution in [2.75, 3.05) is 0 Å². The summed E-state index contributed by atoms with van der Waals surface area (Å²) in [5.74, 6) is 0.662. The first-order valence-corrected chi connectivity index (χ1v) is 8.37. The van der Waals surface area contributed by atoms with Crippen molar-refractivity contribution in [3.05, 3.63) is 69.5 Å². The van der Waals surface area contributed by atoms with Crippen LogP contribution in [0.5, 0.6) is 0 Å². The summed E-state index contributed by atoms with van der Waals surface area (Å²) < 4.78 is 6.10. The van der Waals surface area contributed by atoms with E-state index in [9.17, 15) is 4.79 Å². The van der Waals surface area contributed by atoms with Gasteiger partial charge in [0.1, 0.15) is 0 Å². The van der Waals surface area contributed by atoms with Gasteiger partial charge in [0.15, 0.2) is 0 Å². The van der Waals surface area contributed by atoms with Gasteiger partial charge < -0.3 is 9.84 Å². The minimum absolute atomic E-state index is 0.162. The highest BCUT2D eigenvalue weighted by Gasteiger charge is 2.11. The third kappa shape index (κ3) is 4.21. The topological polar surface area (TPSA) is 68.0 Å². The Morgan fingerprint density at radius 3 is 2.83 bits per heavy atom. The Labute approximate surface area is 152 Å². The molecule has 2 aromatic carbocycles. The van der Waals surface area contributed by atoms with Crippen molar-refractivity contribution in [1.82, 2.24) is 15.5 Å². The normalized spacial score (nSPS) is 10.6. The van der Waals surface area contributed by atoms with Crippen LogP contribution in [0.4, 0.5) is 0 Å². The Morgan fingerprint density at radius 1 is 1.21 bits per heavy atom. The first-order chi connectivity index (χ1) is 11.6. The van der Waals surface area contributed by atoms with Gasteiger partial charge in [0.25, 0.3) is 0 Å². The molecule has 24 heavy (non-hydrogen) atoms. The maximum absolute atomic E-state index is 12.0. The van der Waals surface area contributed by atoms with E-state index in [-0.39, 0.29) is 18.9 Å². The van der Waals surface area contributed by atoms with Crippen LogP contribution in [-0.4, -0.2) is 16.0 Å². The summed E-state index contributed by atoms with van der Waals surface area (Å²) in [7, 11) is 0. The van der Waals surface area contributed by atoms with E-state index in [1.807, 2.05) is 42.5 Å². The standard InChI is InChI=1S/C17H13BrClN3O2/c18-13-6-3-5-12(8-13)17-21-16(24-22-17)10-20-15(23)9-11-4-1-2-7-14(11)19/h1-8H,9-10H2,(H,20,23). The van der Waals surface area contributed by atoms with E-state index in [1.54, 1.807) is 6.07 Å². The number of nitrogens with one attached hydrogen (secondary N) is 1. The molecular weight excluding hydrogens is 394 g/mol. The van der Waals surface area contributed by atoms with E-state index in [2.05, 4.69) is 31.4 Å². The monoisotopic (exact) mass is 405 g/mol. The van der Waals surface area contributed by atoms with Crippen LogP contribution in [0.25, 0.3) is 11.4 Å². The van der Waals surface area contributed by atoms with Crippen molar-refractivity contribution in [3.8, 4) is 11.4 Å². The first kappa shape index (κ1) is 16.7. The molecule has 0 saturated carbocycles. The zero-order valence-corrected chi connectivity index (χ0v) is 14.8. The molecule has 0 bridgehead atoms. The van der Waals surface area contributed by atoms with Gasteiger partial charge in [0, 0.05) is 15.1 Å². The van der Waals surface area contributed by atoms with Gasteiger partial charge in [-0.25, -0.2) is 0 Å². The number of rotatable bonds is 5. The van der Waals surface area contributed by atoms with E-state index in [4.69, 9.17) is 16.1 Å². The number of nitrogens with zero attached hydrogens (tertiary/aromatic N) is 2. The second-order valence-corrected chi connectivity index (χ2v) is 6.39. The summed E-state index contributed by atoms with van der Waals surface area (Å²) in [6.07, 6.45) is 0.201. The fourth-order valence-electron chi connectivity index (χ4n) is 2.12. The molecule has 0 fully saturated rings. The van der Waals surface area contributed by atoms with E-state index >= 15 is 0 Å². The highest BCUT2D eigenvalue weighted by Crippen LogP contribution is 2.20. The fraction of sp³-hybridized carbons (Fsp3) is 0.118. The average molecular weight is 407 g/mol. The Hall–Kier alpha value is -2.18. The molecule has 0 aliphatic heterocycles. The lowest BCUT2D eigenvalue weighted by molar-refractivity contribution is -0.120. The van der Waals surface area contributed by atoms with Gasteiger partial charge >= 0.3 is 0 Å². The maximum Gasteiger partial charge on any atom is 0.246 e. The molecule has 1 heterocycles.